The van der Waals surface area contributed by atoms with E-state index in [1.54, 1.807) is 24.3 Å². The molecule has 2 aromatic rings. The van der Waals surface area contributed by atoms with Gasteiger partial charge < -0.3 is 10.8 Å². The molecular formula is C12H10FNO2. The molecule has 1 atom stereocenters. The molecule has 2 rings (SSSR count). The number of hydrogen-bond acceptors (Lipinski definition) is 2. The Bertz CT molecular complexity index is 554. The number of halogens is 1. The van der Waals surface area contributed by atoms with Crippen LogP contribution in [-0.4, -0.2) is 11.1 Å². The molecule has 0 saturated heterocycles. The quantitative estimate of drug-likeness (QED) is 0.812. The van der Waals surface area contributed by atoms with Gasteiger partial charge in [0.25, 0.3) is 0 Å². The smallest absolute Gasteiger partial charge is 0.325 e. The van der Waals surface area contributed by atoms with E-state index in [9.17, 15) is 9.18 Å². The van der Waals surface area contributed by atoms with E-state index in [0.717, 1.165) is 0 Å². The molecule has 0 aliphatic rings. The van der Waals surface area contributed by atoms with Gasteiger partial charge >= 0.3 is 5.97 Å². The zero-order valence-corrected chi connectivity index (χ0v) is 8.35. The van der Waals surface area contributed by atoms with Gasteiger partial charge in [0.2, 0.25) is 0 Å². The fourth-order valence-corrected chi connectivity index (χ4v) is 1.69. The number of hydrogen-bond donors (Lipinski definition) is 2. The maximum Gasteiger partial charge on any atom is 0.325 e. The van der Waals surface area contributed by atoms with Crippen molar-refractivity contribution in [1.29, 1.82) is 0 Å². The van der Waals surface area contributed by atoms with Crippen molar-refractivity contribution in [1.82, 2.24) is 0 Å². The predicted molar refractivity (Wildman–Crippen MR) is 58.5 cm³/mol. The Morgan fingerprint density at radius 3 is 2.69 bits per heavy atom. The van der Waals surface area contributed by atoms with E-state index < -0.39 is 17.8 Å². The van der Waals surface area contributed by atoms with Crippen molar-refractivity contribution in [3.8, 4) is 0 Å². The van der Waals surface area contributed by atoms with Crippen LogP contribution in [0.1, 0.15) is 11.6 Å². The summed E-state index contributed by atoms with van der Waals surface area (Å²) in [6.07, 6.45) is 0. The van der Waals surface area contributed by atoms with E-state index in [2.05, 4.69) is 0 Å². The molecule has 4 heteroatoms. The third kappa shape index (κ3) is 1.75. The Kier molecular flexibility index (Phi) is 2.58. The predicted octanol–water partition coefficient (Wildman–Crippen LogP) is 2.06. The second kappa shape index (κ2) is 3.90. The number of carboxylic acids is 1. The normalized spacial score (nSPS) is 12.6. The minimum absolute atomic E-state index is 0.295. The van der Waals surface area contributed by atoms with Crippen LogP contribution in [0.15, 0.2) is 36.4 Å². The van der Waals surface area contributed by atoms with Crippen LogP contribution in [0.4, 0.5) is 4.39 Å². The Hall–Kier alpha value is -1.94. The lowest BCUT2D eigenvalue weighted by Crippen LogP contribution is -2.21. The van der Waals surface area contributed by atoms with E-state index in [4.69, 9.17) is 10.8 Å². The Balaban J connectivity index is 2.72. The summed E-state index contributed by atoms with van der Waals surface area (Å²) in [5.41, 5.74) is 5.80. The van der Waals surface area contributed by atoms with Gasteiger partial charge in [-0.1, -0.05) is 24.3 Å². The van der Waals surface area contributed by atoms with Crippen molar-refractivity contribution < 1.29 is 14.3 Å². The molecule has 0 aliphatic heterocycles. The molecule has 82 valence electrons. The number of carbonyl (C=O) groups is 1. The van der Waals surface area contributed by atoms with Gasteiger partial charge in [-0.2, -0.15) is 0 Å². The van der Waals surface area contributed by atoms with Crippen LogP contribution in [0.25, 0.3) is 10.8 Å². The summed E-state index contributed by atoms with van der Waals surface area (Å²) in [5, 5.41) is 10.2. The monoisotopic (exact) mass is 219 g/mol. The molecule has 0 amide bonds. The maximum atomic E-state index is 13.3. The fraction of sp³-hybridized carbons (Fsp3) is 0.0833. The molecule has 0 radical (unpaired) electrons. The van der Waals surface area contributed by atoms with Crippen LogP contribution in [0.3, 0.4) is 0 Å². The third-order valence-corrected chi connectivity index (χ3v) is 2.46. The summed E-state index contributed by atoms with van der Waals surface area (Å²) in [7, 11) is 0. The Labute approximate surface area is 91.3 Å². The number of rotatable bonds is 2. The van der Waals surface area contributed by atoms with Gasteiger partial charge in [-0.25, -0.2) is 4.39 Å². The minimum atomic E-state index is -1.21. The maximum absolute atomic E-state index is 13.3. The molecule has 0 spiro atoms. The van der Waals surface area contributed by atoms with Gasteiger partial charge in [0.05, 0.1) is 0 Å². The van der Waals surface area contributed by atoms with E-state index in [1.165, 1.54) is 12.1 Å². The van der Waals surface area contributed by atoms with E-state index in [1.807, 2.05) is 0 Å². The number of fused-ring (bicyclic) bond motifs is 1. The first-order valence-electron chi connectivity index (χ1n) is 4.76. The lowest BCUT2D eigenvalue weighted by Gasteiger charge is -2.10. The zero-order chi connectivity index (χ0) is 11.7. The van der Waals surface area contributed by atoms with E-state index >= 15 is 0 Å². The van der Waals surface area contributed by atoms with Gasteiger partial charge in [-0.3, -0.25) is 4.79 Å². The summed E-state index contributed by atoms with van der Waals surface area (Å²) >= 11 is 0. The number of aliphatic carboxylic acids is 1. The van der Waals surface area contributed by atoms with Crippen LogP contribution < -0.4 is 5.73 Å². The average Bonchev–Trinajstić information content (AvgIpc) is 2.26. The molecule has 16 heavy (non-hydrogen) atoms. The second-order valence-corrected chi connectivity index (χ2v) is 3.53. The summed E-state index contributed by atoms with van der Waals surface area (Å²) < 4.78 is 13.3. The van der Waals surface area contributed by atoms with E-state index in [0.29, 0.717) is 16.3 Å². The molecule has 3 N–H and O–H groups in total. The van der Waals surface area contributed by atoms with Crippen molar-refractivity contribution >= 4 is 16.7 Å². The first kappa shape index (κ1) is 10.6. The van der Waals surface area contributed by atoms with Gasteiger partial charge in [-0.15, -0.1) is 0 Å². The van der Waals surface area contributed by atoms with Crippen molar-refractivity contribution in [3.63, 3.8) is 0 Å². The fourth-order valence-electron chi connectivity index (χ4n) is 1.69. The van der Waals surface area contributed by atoms with Crippen LogP contribution in [0.2, 0.25) is 0 Å². The summed E-state index contributed by atoms with van der Waals surface area (Å²) in [6, 6.07) is 8.29. The highest BCUT2D eigenvalue weighted by Gasteiger charge is 2.17. The second-order valence-electron chi connectivity index (χ2n) is 3.53. The highest BCUT2D eigenvalue weighted by atomic mass is 19.1. The Morgan fingerprint density at radius 1 is 1.31 bits per heavy atom. The molecule has 3 nitrogen and oxygen atoms in total. The van der Waals surface area contributed by atoms with Crippen LogP contribution in [0.5, 0.6) is 0 Å². The first-order chi connectivity index (χ1) is 7.59. The lowest BCUT2D eigenvalue weighted by atomic mass is 9.99. The first-order valence-corrected chi connectivity index (χ1v) is 4.76. The van der Waals surface area contributed by atoms with Gasteiger partial charge in [0, 0.05) is 0 Å². The number of benzene rings is 2. The molecular weight excluding hydrogens is 209 g/mol. The molecule has 0 heterocycles. The van der Waals surface area contributed by atoms with Crippen molar-refractivity contribution in [3.05, 3.63) is 47.8 Å². The SMILES string of the molecule is NC(C(=O)O)c1cc(F)cc2ccccc12. The van der Waals surface area contributed by atoms with Crippen molar-refractivity contribution in [2.45, 2.75) is 6.04 Å². The van der Waals surface area contributed by atoms with Crippen LogP contribution in [0, 0.1) is 5.82 Å². The number of nitrogens with two attached hydrogens (primary N) is 1. The van der Waals surface area contributed by atoms with Crippen LogP contribution >= 0.6 is 0 Å². The minimum Gasteiger partial charge on any atom is -0.480 e. The average molecular weight is 219 g/mol. The zero-order valence-electron chi connectivity index (χ0n) is 8.35. The highest BCUT2D eigenvalue weighted by Crippen LogP contribution is 2.24. The molecule has 0 bridgehead atoms. The van der Waals surface area contributed by atoms with Crippen molar-refractivity contribution in [2.75, 3.05) is 0 Å². The summed E-state index contributed by atoms with van der Waals surface area (Å²) in [4.78, 5) is 10.8. The largest absolute Gasteiger partial charge is 0.480 e. The van der Waals surface area contributed by atoms with E-state index in [-0.39, 0.29) is 0 Å². The van der Waals surface area contributed by atoms with Crippen molar-refractivity contribution in [2.24, 2.45) is 5.73 Å². The topological polar surface area (TPSA) is 63.3 Å². The van der Waals surface area contributed by atoms with Gasteiger partial charge in [-0.05, 0) is 28.5 Å². The molecule has 0 saturated carbocycles. The lowest BCUT2D eigenvalue weighted by molar-refractivity contribution is -0.138. The van der Waals surface area contributed by atoms with Crippen LogP contribution in [-0.2, 0) is 4.79 Å². The van der Waals surface area contributed by atoms with Gasteiger partial charge in [0.1, 0.15) is 11.9 Å². The molecule has 0 aliphatic carbocycles. The highest BCUT2D eigenvalue weighted by molar-refractivity contribution is 5.90. The molecule has 0 aromatic heterocycles. The standard InChI is InChI=1S/C12H10FNO2/c13-8-5-7-3-1-2-4-9(7)10(6-8)11(14)12(15)16/h1-6,11H,14H2,(H,15,16). The summed E-state index contributed by atoms with van der Waals surface area (Å²) in [6.45, 7) is 0. The third-order valence-electron chi connectivity index (χ3n) is 2.46. The van der Waals surface area contributed by atoms with Gasteiger partial charge in [0.15, 0.2) is 0 Å². The summed E-state index contributed by atoms with van der Waals surface area (Å²) in [5.74, 6) is -1.65. The number of carboxylic acid groups (broad SMARTS) is 1. The molecule has 1 unspecified atom stereocenters. The molecule has 2 aromatic carbocycles. The molecule has 0 fully saturated rings. The Morgan fingerprint density at radius 2 is 2.00 bits per heavy atom.